The van der Waals surface area contributed by atoms with Crippen LogP contribution in [0.1, 0.15) is 26.2 Å². The van der Waals surface area contributed by atoms with Crippen LogP contribution in [0.15, 0.2) is 18.3 Å². The van der Waals surface area contributed by atoms with Gasteiger partial charge in [0.15, 0.2) is 0 Å². The van der Waals surface area contributed by atoms with Crippen LogP contribution < -0.4 is 10.1 Å². The van der Waals surface area contributed by atoms with Gasteiger partial charge in [-0.1, -0.05) is 13.3 Å². The van der Waals surface area contributed by atoms with Crippen molar-refractivity contribution in [2.45, 2.75) is 26.2 Å². The van der Waals surface area contributed by atoms with E-state index in [9.17, 15) is 0 Å². The molecule has 0 radical (unpaired) electrons. The van der Waals surface area contributed by atoms with Gasteiger partial charge in [-0.25, -0.2) is 4.98 Å². The van der Waals surface area contributed by atoms with Crippen LogP contribution in [0.3, 0.4) is 0 Å². The van der Waals surface area contributed by atoms with Crippen LogP contribution in [0.5, 0.6) is 5.75 Å². The maximum Gasteiger partial charge on any atom is 0.137 e. The van der Waals surface area contributed by atoms with Crippen molar-refractivity contribution in [2.75, 3.05) is 19.0 Å². The molecule has 0 aromatic carbocycles. The van der Waals surface area contributed by atoms with E-state index in [-0.39, 0.29) is 0 Å². The molecule has 1 aromatic rings. The Morgan fingerprint density at radius 2 is 2.27 bits per heavy atom. The molecule has 1 N–H and O–H groups in total. The predicted octanol–water partition coefficient (Wildman–Crippen LogP) is 2.69. The molecule has 3 nitrogen and oxygen atoms in total. The average Bonchev–Trinajstić information content (AvgIpc) is 2.24. The highest BCUT2D eigenvalue weighted by molar-refractivity contribution is 5.37. The highest BCUT2D eigenvalue weighted by Crippen LogP contribution is 2.40. The van der Waals surface area contributed by atoms with E-state index in [1.807, 2.05) is 12.1 Å². The van der Waals surface area contributed by atoms with Gasteiger partial charge in [-0.2, -0.15) is 0 Å². The Kier molecular flexibility index (Phi) is 2.80. The van der Waals surface area contributed by atoms with E-state index >= 15 is 0 Å². The molecule has 15 heavy (non-hydrogen) atoms. The maximum absolute atomic E-state index is 5.06. The number of nitrogens with zero attached hydrogens (tertiary/aromatic N) is 1. The van der Waals surface area contributed by atoms with Gasteiger partial charge in [0.2, 0.25) is 0 Å². The first-order valence-electron chi connectivity index (χ1n) is 5.46. The van der Waals surface area contributed by atoms with Crippen molar-refractivity contribution in [1.29, 1.82) is 0 Å². The molecule has 0 spiro atoms. The van der Waals surface area contributed by atoms with E-state index in [0.717, 1.165) is 18.1 Å². The molecule has 0 bridgehead atoms. The number of ether oxygens (including phenoxy) is 1. The second kappa shape index (κ2) is 4.09. The molecule has 1 aromatic heterocycles. The molecule has 0 atom stereocenters. The molecule has 0 amide bonds. The topological polar surface area (TPSA) is 34.1 Å². The van der Waals surface area contributed by atoms with Gasteiger partial charge in [0, 0.05) is 6.54 Å². The molecule has 3 heteroatoms. The van der Waals surface area contributed by atoms with Gasteiger partial charge in [-0.05, 0) is 30.4 Å². The Bertz CT molecular complexity index is 317. The second-order valence-corrected chi connectivity index (χ2v) is 4.60. The van der Waals surface area contributed by atoms with Crippen LogP contribution in [-0.2, 0) is 0 Å². The minimum atomic E-state index is 0.488. The molecule has 1 aliphatic carbocycles. The molecule has 1 heterocycles. The fourth-order valence-corrected chi connectivity index (χ4v) is 1.87. The fraction of sp³-hybridized carbons (Fsp3) is 0.583. The Morgan fingerprint density at radius 1 is 1.47 bits per heavy atom. The zero-order valence-electron chi connectivity index (χ0n) is 9.42. The number of aromatic nitrogens is 1. The molecular formula is C12H18N2O. The third-order valence-electron chi connectivity index (χ3n) is 3.23. The summed E-state index contributed by atoms with van der Waals surface area (Å²) in [5, 5.41) is 3.37. The molecule has 1 saturated carbocycles. The minimum Gasteiger partial charge on any atom is -0.495 e. The van der Waals surface area contributed by atoms with Crippen molar-refractivity contribution in [2.24, 2.45) is 5.41 Å². The number of hydrogen-bond donors (Lipinski definition) is 1. The van der Waals surface area contributed by atoms with E-state index in [1.165, 1.54) is 19.3 Å². The van der Waals surface area contributed by atoms with E-state index in [2.05, 4.69) is 17.2 Å². The van der Waals surface area contributed by atoms with Crippen LogP contribution in [0.25, 0.3) is 0 Å². The van der Waals surface area contributed by atoms with Crippen LogP contribution in [0, 0.1) is 5.41 Å². The number of nitrogens with one attached hydrogen (secondary N) is 1. The molecule has 2 rings (SSSR count). The zero-order chi connectivity index (χ0) is 10.7. The summed E-state index contributed by atoms with van der Waals surface area (Å²) in [6.07, 6.45) is 5.77. The Morgan fingerprint density at radius 3 is 2.73 bits per heavy atom. The first-order valence-corrected chi connectivity index (χ1v) is 5.46. The third kappa shape index (κ3) is 2.41. The summed E-state index contributed by atoms with van der Waals surface area (Å²) >= 11 is 0. The molecule has 0 aliphatic heterocycles. The Hall–Kier alpha value is -1.25. The van der Waals surface area contributed by atoms with Crippen LogP contribution in [0.2, 0.25) is 0 Å². The number of methoxy groups -OCH3 is 1. The standard InChI is InChI=1S/C12H18N2O/c1-12(6-3-7-12)9-14-11-5-4-10(15-2)8-13-11/h4-5,8H,3,6-7,9H2,1-2H3,(H,13,14). The van der Waals surface area contributed by atoms with Gasteiger partial charge in [0.1, 0.15) is 11.6 Å². The number of pyridine rings is 1. The van der Waals surface area contributed by atoms with E-state index in [0.29, 0.717) is 5.41 Å². The largest absolute Gasteiger partial charge is 0.495 e. The summed E-state index contributed by atoms with van der Waals surface area (Å²) in [7, 11) is 1.65. The van der Waals surface area contributed by atoms with Gasteiger partial charge in [0.05, 0.1) is 13.3 Å². The molecule has 82 valence electrons. The Labute approximate surface area is 90.9 Å². The van der Waals surface area contributed by atoms with Crippen molar-refractivity contribution >= 4 is 5.82 Å². The first-order chi connectivity index (χ1) is 7.22. The normalized spacial score (nSPS) is 18.0. The Balaban J connectivity index is 1.87. The van der Waals surface area contributed by atoms with Gasteiger partial charge in [0.25, 0.3) is 0 Å². The minimum absolute atomic E-state index is 0.488. The average molecular weight is 206 g/mol. The third-order valence-corrected chi connectivity index (χ3v) is 3.23. The SMILES string of the molecule is COc1ccc(NCC2(C)CCC2)nc1. The summed E-state index contributed by atoms with van der Waals surface area (Å²) in [5.74, 6) is 1.74. The lowest BCUT2D eigenvalue weighted by Crippen LogP contribution is -2.33. The summed E-state index contributed by atoms with van der Waals surface area (Å²) in [4.78, 5) is 4.27. The highest BCUT2D eigenvalue weighted by Gasteiger charge is 2.31. The quantitative estimate of drug-likeness (QED) is 0.822. The van der Waals surface area contributed by atoms with Gasteiger partial charge in [-0.3, -0.25) is 0 Å². The summed E-state index contributed by atoms with van der Waals surface area (Å²) in [6.45, 7) is 3.35. The number of anilines is 1. The van der Waals surface area contributed by atoms with Crippen molar-refractivity contribution < 1.29 is 4.74 Å². The van der Waals surface area contributed by atoms with Gasteiger partial charge in [-0.15, -0.1) is 0 Å². The van der Waals surface area contributed by atoms with E-state index in [4.69, 9.17) is 4.74 Å². The highest BCUT2D eigenvalue weighted by atomic mass is 16.5. The monoisotopic (exact) mass is 206 g/mol. The van der Waals surface area contributed by atoms with Gasteiger partial charge >= 0.3 is 0 Å². The summed E-state index contributed by atoms with van der Waals surface area (Å²) in [6, 6.07) is 3.89. The molecule has 0 saturated heterocycles. The zero-order valence-corrected chi connectivity index (χ0v) is 9.42. The van der Waals surface area contributed by atoms with Crippen LogP contribution in [0.4, 0.5) is 5.82 Å². The molecular weight excluding hydrogens is 188 g/mol. The van der Waals surface area contributed by atoms with Crippen molar-refractivity contribution in [3.63, 3.8) is 0 Å². The van der Waals surface area contributed by atoms with E-state index in [1.54, 1.807) is 13.3 Å². The van der Waals surface area contributed by atoms with Crippen molar-refractivity contribution in [3.8, 4) is 5.75 Å². The lowest BCUT2D eigenvalue weighted by Gasteiger charge is -2.38. The van der Waals surface area contributed by atoms with Gasteiger partial charge < -0.3 is 10.1 Å². The van der Waals surface area contributed by atoms with Crippen LogP contribution in [-0.4, -0.2) is 18.6 Å². The first kappa shape index (κ1) is 10.3. The summed E-state index contributed by atoms with van der Waals surface area (Å²) < 4.78 is 5.06. The number of hydrogen-bond acceptors (Lipinski definition) is 3. The molecule has 1 aliphatic rings. The van der Waals surface area contributed by atoms with Crippen molar-refractivity contribution in [1.82, 2.24) is 4.98 Å². The van der Waals surface area contributed by atoms with Crippen LogP contribution >= 0.6 is 0 Å². The number of rotatable bonds is 4. The smallest absolute Gasteiger partial charge is 0.137 e. The maximum atomic E-state index is 5.06. The lowest BCUT2D eigenvalue weighted by molar-refractivity contribution is 0.180. The predicted molar refractivity (Wildman–Crippen MR) is 61.2 cm³/mol. The van der Waals surface area contributed by atoms with E-state index < -0.39 is 0 Å². The molecule has 0 unspecified atom stereocenters. The van der Waals surface area contributed by atoms with Crippen molar-refractivity contribution in [3.05, 3.63) is 18.3 Å². The fourth-order valence-electron chi connectivity index (χ4n) is 1.87. The lowest BCUT2D eigenvalue weighted by atomic mass is 9.70. The second-order valence-electron chi connectivity index (χ2n) is 4.60. The molecule has 1 fully saturated rings. The summed E-state index contributed by atoms with van der Waals surface area (Å²) in [5.41, 5.74) is 0.488.